The number of rotatable bonds is 0. The molecule has 0 radical (unpaired) electrons. The lowest BCUT2D eigenvalue weighted by Crippen LogP contribution is -2.55. The SMILES string of the molecule is C[C@@H]1CC[C@@]2(OC1)O[C@H]1C[C@H]3[C@@H]4CC[C@H]5C[C@H](O)CC[C@]5(C)[C@H]4CC[C@]3(C)C1[C@@H]2C. The largest absolute Gasteiger partial charge is 0.393 e. The quantitative estimate of drug-likeness (QED) is 0.543. The number of ether oxygens (including phenoxy) is 2. The third-order valence-corrected chi connectivity index (χ3v) is 11.9. The van der Waals surface area contributed by atoms with Crippen LogP contribution in [-0.2, 0) is 9.47 Å². The molecule has 6 aliphatic rings. The predicted octanol–water partition coefficient (Wildman–Crippen LogP) is 5.79. The van der Waals surface area contributed by atoms with Crippen LogP contribution in [0, 0.1) is 52.3 Å². The van der Waals surface area contributed by atoms with Gasteiger partial charge >= 0.3 is 0 Å². The van der Waals surface area contributed by atoms with E-state index in [1.54, 1.807) is 0 Å². The number of hydrogen-bond donors (Lipinski definition) is 1. The van der Waals surface area contributed by atoms with E-state index in [-0.39, 0.29) is 11.9 Å². The molecule has 30 heavy (non-hydrogen) atoms. The average Bonchev–Trinajstić information content (AvgIpc) is 3.16. The van der Waals surface area contributed by atoms with Gasteiger partial charge in [-0.2, -0.15) is 0 Å². The molecular formula is C27H44O3. The average molecular weight is 417 g/mol. The minimum Gasteiger partial charge on any atom is -0.393 e. The van der Waals surface area contributed by atoms with Gasteiger partial charge in [0.2, 0.25) is 0 Å². The normalized spacial score (nSPS) is 62.5. The van der Waals surface area contributed by atoms with Gasteiger partial charge in [-0.1, -0.05) is 27.7 Å². The molecule has 6 fully saturated rings. The van der Waals surface area contributed by atoms with Crippen LogP contribution in [0.2, 0.25) is 0 Å². The number of hydrogen-bond acceptors (Lipinski definition) is 3. The second-order valence-corrected chi connectivity index (χ2v) is 13.1. The lowest BCUT2D eigenvalue weighted by atomic mass is 9.44. The standard InChI is InChI=1S/C27H44O3/c1-16-7-12-27(29-15-16)17(2)24-23(30-27)14-22-20-6-5-18-13-19(28)8-10-25(18,3)21(20)9-11-26(22,24)4/h16-24,28H,5-15H2,1-4H3/t16-,17+,18+,19-,20-,21+,22+,23+,24?,25+,26+,27-/m1/s1. The van der Waals surface area contributed by atoms with Crippen molar-refractivity contribution in [1.29, 1.82) is 0 Å². The van der Waals surface area contributed by atoms with Gasteiger partial charge < -0.3 is 14.6 Å². The van der Waals surface area contributed by atoms with Gasteiger partial charge in [0.1, 0.15) is 0 Å². The summed E-state index contributed by atoms with van der Waals surface area (Å²) in [6, 6.07) is 0. The summed E-state index contributed by atoms with van der Waals surface area (Å²) in [5, 5.41) is 10.3. The van der Waals surface area contributed by atoms with Crippen LogP contribution in [0.1, 0.15) is 91.9 Å². The summed E-state index contributed by atoms with van der Waals surface area (Å²) in [4.78, 5) is 0. The van der Waals surface area contributed by atoms with Crippen molar-refractivity contribution in [3.05, 3.63) is 0 Å². The van der Waals surface area contributed by atoms with Crippen LogP contribution in [-0.4, -0.2) is 29.7 Å². The molecule has 3 nitrogen and oxygen atoms in total. The molecule has 1 unspecified atom stereocenters. The van der Waals surface area contributed by atoms with Crippen molar-refractivity contribution < 1.29 is 14.6 Å². The molecule has 1 N–H and O–H groups in total. The first kappa shape index (κ1) is 20.5. The fraction of sp³-hybridized carbons (Fsp3) is 1.00. The van der Waals surface area contributed by atoms with Gasteiger partial charge in [0.05, 0.1) is 18.8 Å². The Morgan fingerprint density at radius 1 is 0.833 bits per heavy atom. The van der Waals surface area contributed by atoms with Crippen molar-refractivity contribution in [2.24, 2.45) is 52.3 Å². The molecule has 0 aromatic carbocycles. The molecule has 4 aliphatic carbocycles. The summed E-state index contributed by atoms with van der Waals surface area (Å²) < 4.78 is 13.4. The van der Waals surface area contributed by atoms with Crippen LogP contribution in [0.25, 0.3) is 0 Å². The first-order valence-corrected chi connectivity index (χ1v) is 13.3. The molecule has 0 amide bonds. The Morgan fingerprint density at radius 3 is 2.40 bits per heavy atom. The molecule has 6 rings (SSSR count). The zero-order valence-electron chi connectivity index (χ0n) is 19.7. The van der Waals surface area contributed by atoms with Gasteiger partial charge in [-0.3, -0.25) is 0 Å². The molecule has 0 bridgehead atoms. The van der Waals surface area contributed by atoms with Crippen molar-refractivity contribution >= 4 is 0 Å². The number of fused-ring (bicyclic) bond motifs is 7. The van der Waals surface area contributed by atoms with E-state index in [4.69, 9.17) is 9.47 Å². The van der Waals surface area contributed by atoms with Crippen molar-refractivity contribution in [1.82, 2.24) is 0 Å². The maximum absolute atomic E-state index is 10.3. The Hall–Kier alpha value is -0.120. The zero-order valence-corrected chi connectivity index (χ0v) is 19.7. The van der Waals surface area contributed by atoms with E-state index in [2.05, 4.69) is 27.7 Å². The van der Waals surface area contributed by atoms with Gasteiger partial charge in [0.15, 0.2) is 5.79 Å². The van der Waals surface area contributed by atoms with Crippen LogP contribution in [0.3, 0.4) is 0 Å². The van der Waals surface area contributed by atoms with E-state index in [9.17, 15) is 5.11 Å². The molecule has 2 aliphatic heterocycles. The predicted molar refractivity (Wildman–Crippen MR) is 118 cm³/mol. The summed E-state index contributed by atoms with van der Waals surface area (Å²) in [5.41, 5.74) is 0.899. The van der Waals surface area contributed by atoms with E-state index >= 15 is 0 Å². The lowest BCUT2D eigenvalue weighted by Gasteiger charge is -2.61. The number of aliphatic hydroxyl groups excluding tert-OH is 1. The van der Waals surface area contributed by atoms with Gasteiger partial charge in [-0.15, -0.1) is 0 Å². The fourth-order valence-electron chi connectivity index (χ4n) is 10.3. The van der Waals surface area contributed by atoms with Crippen LogP contribution in [0.4, 0.5) is 0 Å². The minimum atomic E-state index is -0.282. The summed E-state index contributed by atoms with van der Waals surface area (Å²) >= 11 is 0. The Bertz CT molecular complexity index is 684. The van der Waals surface area contributed by atoms with E-state index in [0.717, 1.165) is 49.5 Å². The second kappa shape index (κ2) is 6.70. The second-order valence-electron chi connectivity index (χ2n) is 13.1. The molecule has 3 heteroatoms. The summed E-state index contributed by atoms with van der Waals surface area (Å²) in [5.74, 6) is 4.93. The molecule has 2 heterocycles. The zero-order chi connectivity index (χ0) is 20.9. The Balaban J connectivity index is 1.26. The maximum atomic E-state index is 10.3. The van der Waals surface area contributed by atoms with Crippen molar-refractivity contribution in [2.75, 3.05) is 6.61 Å². The minimum absolute atomic E-state index is 0.0389. The highest BCUT2D eigenvalue weighted by Crippen LogP contribution is 2.71. The van der Waals surface area contributed by atoms with Crippen LogP contribution in [0.15, 0.2) is 0 Å². The smallest absolute Gasteiger partial charge is 0.171 e. The highest BCUT2D eigenvalue weighted by atomic mass is 16.7. The molecular weight excluding hydrogens is 372 g/mol. The third-order valence-electron chi connectivity index (χ3n) is 11.9. The molecule has 12 atom stereocenters. The molecule has 4 saturated carbocycles. The van der Waals surface area contributed by atoms with Crippen molar-refractivity contribution in [3.63, 3.8) is 0 Å². The van der Waals surface area contributed by atoms with E-state index < -0.39 is 0 Å². The fourth-order valence-corrected chi connectivity index (χ4v) is 10.3. The highest BCUT2D eigenvalue weighted by molar-refractivity contribution is 5.15. The summed E-state index contributed by atoms with van der Waals surface area (Å²) in [6.45, 7) is 10.9. The van der Waals surface area contributed by atoms with Crippen LogP contribution >= 0.6 is 0 Å². The molecule has 0 aromatic rings. The van der Waals surface area contributed by atoms with Gasteiger partial charge in [-0.25, -0.2) is 0 Å². The number of aliphatic hydroxyl groups is 1. The monoisotopic (exact) mass is 416 g/mol. The van der Waals surface area contributed by atoms with E-state index in [0.29, 0.717) is 34.7 Å². The van der Waals surface area contributed by atoms with E-state index in [1.165, 1.54) is 44.9 Å². The molecule has 170 valence electrons. The third kappa shape index (κ3) is 2.61. The van der Waals surface area contributed by atoms with E-state index in [1.807, 2.05) is 0 Å². The Kier molecular flexibility index (Phi) is 4.58. The molecule has 1 spiro atoms. The van der Waals surface area contributed by atoms with Gasteiger partial charge in [0, 0.05) is 12.3 Å². The molecule has 0 aromatic heterocycles. The lowest BCUT2D eigenvalue weighted by molar-refractivity contribution is -0.273. The molecule has 2 saturated heterocycles. The highest BCUT2D eigenvalue weighted by Gasteiger charge is 2.69. The first-order chi connectivity index (χ1) is 14.3. The van der Waals surface area contributed by atoms with Gasteiger partial charge in [0.25, 0.3) is 0 Å². The Labute approximate surface area is 183 Å². The van der Waals surface area contributed by atoms with Crippen LogP contribution < -0.4 is 0 Å². The van der Waals surface area contributed by atoms with Gasteiger partial charge in [-0.05, 0) is 104 Å². The maximum Gasteiger partial charge on any atom is 0.171 e. The summed E-state index contributed by atoms with van der Waals surface area (Å²) in [7, 11) is 0. The van der Waals surface area contributed by atoms with Crippen molar-refractivity contribution in [3.8, 4) is 0 Å². The first-order valence-electron chi connectivity index (χ1n) is 13.3. The topological polar surface area (TPSA) is 38.7 Å². The van der Waals surface area contributed by atoms with Crippen LogP contribution in [0.5, 0.6) is 0 Å². The summed E-state index contributed by atoms with van der Waals surface area (Å²) in [6.07, 6.45) is 12.9. The van der Waals surface area contributed by atoms with Crippen molar-refractivity contribution in [2.45, 2.75) is 110 Å². The Morgan fingerprint density at radius 2 is 1.63 bits per heavy atom.